The van der Waals surface area contributed by atoms with Gasteiger partial charge in [0, 0.05) is 25.1 Å². The van der Waals surface area contributed by atoms with Crippen LogP contribution in [0.1, 0.15) is 29.4 Å². The van der Waals surface area contributed by atoms with Crippen LogP contribution in [-0.4, -0.2) is 33.2 Å². The van der Waals surface area contributed by atoms with E-state index < -0.39 is 17.6 Å². The zero-order valence-electron chi connectivity index (χ0n) is 9.42. The first-order valence-electron chi connectivity index (χ1n) is 5.44. The molecular weight excluding hydrogens is 240 g/mol. The third-order valence-electron chi connectivity index (χ3n) is 2.88. The van der Waals surface area contributed by atoms with E-state index in [-0.39, 0.29) is 30.3 Å². The quantitative estimate of drug-likeness (QED) is 0.669. The molecule has 1 atom stereocenters. The monoisotopic (exact) mass is 252 g/mol. The lowest BCUT2D eigenvalue weighted by Gasteiger charge is -2.25. The van der Waals surface area contributed by atoms with Crippen molar-refractivity contribution in [3.8, 4) is 5.75 Å². The molecule has 0 aliphatic carbocycles. The molecule has 0 saturated carbocycles. The van der Waals surface area contributed by atoms with Crippen LogP contribution in [0.25, 0.3) is 0 Å². The van der Waals surface area contributed by atoms with Gasteiger partial charge < -0.3 is 15.5 Å². The van der Waals surface area contributed by atoms with Gasteiger partial charge in [0.15, 0.2) is 0 Å². The minimum atomic E-state index is -1.29. The number of pyridine rings is 1. The summed E-state index contributed by atoms with van der Waals surface area (Å²) in [6.45, 7) is 0.212. The van der Waals surface area contributed by atoms with Crippen LogP contribution < -0.4 is 10.9 Å². The van der Waals surface area contributed by atoms with Gasteiger partial charge in [0.1, 0.15) is 11.4 Å². The number of nitrogens with zero attached hydrogens (tertiary/aromatic N) is 1. The second-order valence-electron chi connectivity index (χ2n) is 4.11. The highest BCUT2D eigenvalue weighted by atomic mass is 16.4. The molecule has 0 aromatic carbocycles. The molecule has 96 valence electrons. The molecule has 2 rings (SSSR count). The SMILES string of the molecule is O=C1CCC(n2c(C(=O)O)cc(O)cc2=O)CN1. The molecule has 18 heavy (non-hydrogen) atoms. The highest BCUT2D eigenvalue weighted by molar-refractivity contribution is 5.86. The summed E-state index contributed by atoms with van der Waals surface area (Å²) in [6, 6.07) is 1.59. The molecule has 1 aromatic rings. The van der Waals surface area contributed by atoms with Crippen molar-refractivity contribution in [2.24, 2.45) is 0 Å². The zero-order valence-corrected chi connectivity index (χ0v) is 9.42. The minimum absolute atomic E-state index is 0.116. The third kappa shape index (κ3) is 2.20. The Kier molecular flexibility index (Phi) is 3.05. The van der Waals surface area contributed by atoms with E-state index in [2.05, 4.69) is 5.32 Å². The minimum Gasteiger partial charge on any atom is -0.508 e. The van der Waals surface area contributed by atoms with Gasteiger partial charge in [-0.2, -0.15) is 0 Å². The van der Waals surface area contributed by atoms with Crippen molar-refractivity contribution in [3.63, 3.8) is 0 Å². The molecule has 0 radical (unpaired) electrons. The van der Waals surface area contributed by atoms with Gasteiger partial charge in [0.2, 0.25) is 5.91 Å². The fourth-order valence-electron chi connectivity index (χ4n) is 2.05. The summed E-state index contributed by atoms with van der Waals surface area (Å²) in [5, 5.41) is 20.9. The number of carbonyl (C=O) groups excluding carboxylic acids is 1. The molecule has 7 nitrogen and oxygen atoms in total. The van der Waals surface area contributed by atoms with Crippen molar-refractivity contribution in [1.82, 2.24) is 9.88 Å². The molecule has 7 heteroatoms. The number of aromatic carboxylic acids is 1. The second-order valence-corrected chi connectivity index (χ2v) is 4.11. The zero-order chi connectivity index (χ0) is 13.3. The van der Waals surface area contributed by atoms with Crippen molar-refractivity contribution in [2.45, 2.75) is 18.9 Å². The van der Waals surface area contributed by atoms with Crippen LogP contribution in [0.5, 0.6) is 5.75 Å². The van der Waals surface area contributed by atoms with Gasteiger partial charge in [0.25, 0.3) is 5.56 Å². The van der Waals surface area contributed by atoms with E-state index in [1.165, 1.54) is 0 Å². The average Bonchev–Trinajstić information content (AvgIpc) is 2.29. The van der Waals surface area contributed by atoms with E-state index in [9.17, 15) is 19.5 Å². The lowest BCUT2D eigenvalue weighted by molar-refractivity contribution is -0.122. The highest BCUT2D eigenvalue weighted by Crippen LogP contribution is 2.19. The standard InChI is InChI=1S/C11H12N2O5/c14-7-3-8(11(17)18)13(10(16)4-7)6-1-2-9(15)12-5-6/h3-4,6,14H,1-2,5H2,(H,12,15)(H,17,18). The molecule has 3 N–H and O–H groups in total. The summed E-state index contributed by atoms with van der Waals surface area (Å²) in [4.78, 5) is 33.9. The van der Waals surface area contributed by atoms with Gasteiger partial charge in [-0.05, 0) is 6.42 Å². The van der Waals surface area contributed by atoms with Crippen molar-refractivity contribution in [1.29, 1.82) is 0 Å². The molecule has 1 aliphatic heterocycles. The van der Waals surface area contributed by atoms with Crippen molar-refractivity contribution in [2.75, 3.05) is 6.54 Å². The number of hydrogen-bond donors (Lipinski definition) is 3. The Morgan fingerprint density at radius 1 is 1.39 bits per heavy atom. The number of nitrogens with one attached hydrogen (secondary N) is 1. The summed E-state index contributed by atoms with van der Waals surface area (Å²) < 4.78 is 1.10. The lowest BCUT2D eigenvalue weighted by atomic mass is 10.1. The lowest BCUT2D eigenvalue weighted by Crippen LogP contribution is -2.41. The number of rotatable bonds is 2. The van der Waals surface area contributed by atoms with E-state index in [0.717, 1.165) is 16.7 Å². The predicted molar refractivity (Wildman–Crippen MR) is 60.6 cm³/mol. The molecule has 1 aromatic heterocycles. The Bertz CT molecular complexity index is 553. The smallest absolute Gasteiger partial charge is 0.352 e. The molecule has 0 bridgehead atoms. The molecule has 1 saturated heterocycles. The molecule has 2 heterocycles. The normalized spacial score (nSPS) is 19.3. The van der Waals surface area contributed by atoms with Crippen molar-refractivity contribution in [3.05, 3.63) is 28.2 Å². The fraction of sp³-hybridized carbons (Fsp3) is 0.364. The summed E-state index contributed by atoms with van der Waals surface area (Å²) in [6.07, 6.45) is 0.647. The average molecular weight is 252 g/mol. The Hall–Kier alpha value is -2.31. The van der Waals surface area contributed by atoms with Crippen LogP contribution in [0, 0.1) is 0 Å². The summed E-state index contributed by atoms with van der Waals surface area (Å²) in [7, 11) is 0. The summed E-state index contributed by atoms with van der Waals surface area (Å²) in [5.41, 5.74) is -0.866. The van der Waals surface area contributed by atoms with Gasteiger partial charge in [-0.3, -0.25) is 14.2 Å². The number of amides is 1. The molecule has 1 unspecified atom stereocenters. The molecular formula is C11H12N2O5. The first-order valence-corrected chi connectivity index (χ1v) is 5.44. The van der Waals surface area contributed by atoms with Gasteiger partial charge >= 0.3 is 5.97 Å². The first-order chi connectivity index (χ1) is 8.49. The third-order valence-corrected chi connectivity index (χ3v) is 2.88. The number of aromatic hydroxyl groups is 1. The van der Waals surface area contributed by atoms with E-state index in [1.54, 1.807) is 0 Å². The fourth-order valence-corrected chi connectivity index (χ4v) is 2.05. The van der Waals surface area contributed by atoms with E-state index in [1.807, 2.05) is 0 Å². The van der Waals surface area contributed by atoms with Crippen molar-refractivity contribution < 1.29 is 19.8 Å². The van der Waals surface area contributed by atoms with Crippen LogP contribution in [0.2, 0.25) is 0 Å². The van der Waals surface area contributed by atoms with Crippen LogP contribution >= 0.6 is 0 Å². The number of carboxylic acid groups (broad SMARTS) is 1. The van der Waals surface area contributed by atoms with Gasteiger partial charge in [-0.25, -0.2) is 4.79 Å². The second kappa shape index (κ2) is 4.52. The number of carbonyl (C=O) groups is 2. The Morgan fingerprint density at radius 2 is 2.11 bits per heavy atom. The summed E-state index contributed by atoms with van der Waals surface area (Å²) in [5.74, 6) is -1.79. The van der Waals surface area contributed by atoms with Crippen LogP contribution in [0.15, 0.2) is 16.9 Å². The Morgan fingerprint density at radius 3 is 2.67 bits per heavy atom. The van der Waals surface area contributed by atoms with Crippen molar-refractivity contribution >= 4 is 11.9 Å². The van der Waals surface area contributed by atoms with Crippen LogP contribution in [0.3, 0.4) is 0 Å². The maximum Gasteiger partial charge on any atom is 0.352 e. The number of carboxylic acids is 1. The highest BCUT2D eigenvalue weighted by Gasteiger charge is 2.24. The maximum atomic E-state index is 11.8. The maximum absolute atomic E-state index is 11.8. The topological polar surface area (TPSA) is 109 Å². The molecule has 1 amide bonds. The largest absolute Gasteiger partial charge is 0.508 e. The number of hydrogen-bond acceptors (Lipinski definition) is 4. The van der Waals surface area contributed by atoms with E-state index in [4.69, 9.17) is 5.11 Å². The Labute approximate surface area is 102 Å². The first kappa shape index (κ1) is 12.2. The van der Waals surface area contributed by atoms with Gasteiger partial charge in [0.05, 0.1) is 6.04 Å². The summed E-state index contributed by atoms with van der Waals surface area (Å²) >= 11 is 0. The molecule has 1 fully saturated rings. The van der Waals surface area contributed by atoms with Crippen LogP contribution in [0.4, 0.5) is 0 Å². The van der Waals surface area contributed by atoms with E-state index in [0.29, 0.717) is 6.42 Å². The van der Waals surface area contributed by atoms with Gasteiger partial charge in [-0.15, -0.1) is 0 Å². The molecule has 1 aliphatic rings. The molecule has 0 spiro atoms. The number of aromatic nitrogens is 1. The number of piperidine rings is 1. The van der Waals surface area contributed by atoms with Gasteiger partial charge in [-0.1, -0.05) is 0 Å². The predicted octanol–water partition coefficient (Wildman–Crippen LogP) is -0.297. The Balaban J connectivity index is 2.46. The van der Waals surface area contributed by atoms with E-state index >= 15 is 0 Å². The van der Waals surface area contributed by atoms with Crippen LogP contribution in [-0.2, 0) is 4.79 Å².